The van der Waals surface area contributed by atoms with Crippen molar-refractivity contribution in [3.05, 3.63) is 53.1 Å². The lowest BCUT2D eigenvalue weighted by Crippen LogP contribution is -2.28. The second kappa shape index (κ2) is 9.17. The van der Waals surface area contributed by atoms with E-state index in [1.54, 1.807) is 12.1 Å². The van der Waals surface area contributed by atoms with Gasteiger partial charge in [-0.2, -0.15) is 17.5 Å². The molecule has 1 fully saturated rings. The average Bonchev–Trinajstić information content (AvgIpc) is 3.22. The van der Waals surface area contributed by atoms with E-state index < -0.39 is 27.9 Å². The van der Waals surface area contributed by atoms with Crippen LogP contribution in [0.4, 0.5) is 18.9 Å². The molecule has 5 nitrogen and oxygen atoms in total. The van der Waals surface area contributed by atoms with E-state index in [-0.39, 0.29) is 26.1 Å². The fourth-order valence-electron chi connectivity index (χ4n) is 2.96. The Hall–Kier alpha value is -1.75. The van der Waals surface area contributed by atoms with Crippen molar-refractivity contribution in [3.8, 4) is 0 Å². The van der Waals surface area contributed by atoms with E-state index in [9.17, 15) is 26.4 Å². The monoisotopic (exact) mass is 478 g/mol. The van der Waals surface area contributed by atoms with Crippen molar-refractivity contribution in [2.45, 2.75) is 28.8 Å². The second-order valence-electron chi connectivity index (χ2n) is 6.61. The second-order valence-corrected chi connectivity index (χ2v) is 9.97. The number of hydrogen-bond acceptors (Lipinski definition) is 4. The molecule has 1 N–H and O–H groups in total. The van der Waals surface area contributed by atoms with Gasteiger partial charge in [0.15, 0.2) is 0 Å². The molecule has 30 heavy (non-hydrogen) atoms. The molecule has 0 atom stereocenters. The van der Waals surface area contributed by atoms with Crippen LogP contribution in [0, 0.1) is 0 Å². The van der Waals surface area contributed by atoms with Crippen LogP contribution in [-0.2, 0) is 10.0 Å². The van der Waals surface area contributed by atoms with Gasteiger partial charge in [0.05, 0.1) is 26.9 Å². The standard InChI is InChI=1S/C19H18ClF3N2O3S2/c20-15-8-7-13(30(27,28)25-9-3-4-10-25)11-14(15)18(26)24-16-5-1-2-6-17(16)29-12-19(21,22)23/h1-2,5-8,11H,3-4,9-10,12H2,(H,24,26). The topological polar surface area (TPSA) is 66.5 Å². The van der Waals surface area contributed by atoms with Crippen LogP contribution in [0.1, 0.15) is 23.2 Å². The Bertz CT molecular complexity index is 1040. The first-order chi connectivity index (χ1) is 14.1. The van der Waals surface area contributed by atoms with Crippen LogP contribution < -0.4 is 5.32 Å². The largest absolute Gasteiger partial charge is 0.398 e. The molecular weight excluding hydrogens is 461 g/mol. The van der Waals surface area contributed by atoms with Crippen LogP contribution in [0.2, 0.25) is 5.02 Å². The number of nitrogens with zero attached hydrogens (tertiary/aromatic N) is 1. The fraction of sp³-hybridized carbons (Fsp3) is 0.316. The number of sulfonamides is 1. The summed E-state index contributed by atoms with van der Waals surface area (Å²) in [5.74, 6) is -1.82. The van der Waals surface area contributed by atoms with Crippen molar-refractivity contribution in [3.63, 3.8) is 0 Å². The number of nitrogens with one attached hydrogen (secondary N) is 1. The van der Waals surface area contributed by atoms with E-state index in [0.717, 1.165) is 12.8 Å². The number of carbonyl (C=O) groups is 1. The lowest BCUT2D eigenvalue weighted by molar-refractivity contribution is -0.105. The number of halogens is 4. The Morgan fingerprint density at radius 3 is 2.47 bits per heavy atom. The Morgan fingerprint density at radius 1 is 1.13 bits per heavy atom. The Morgan fingerprint density at radius 2 is 1.80 bits per heavy atom. The molecule has 1 aliphatic heterocycles. The summed E-state index contributed by atoms with van der Waals surface area (Å²) in [6.45, 7) is 0.826. The summed E-state index contributed by atoms with van der Waals surface area (Å²) in [5.41, 5.74) is 0.105. The van der Waals surface area contributed by atoms with Crippen molar-refractivity contribution >= 4 is 45.0 Å². The molecule has 1 amide bonds. The van der Waals surface area contributed by atoms with Gasteiger partial charge in [-0.15, -0.1) is 11.8 Å². The van der Waals surface area contributed by atoms with Crippen LogP contribution in [0.25, 0.3) is 0 Å². The number of hydrogen-bond donors (Lipinski definition) is 1. The van der Waals surface area contributed by atoms with Gasteiger partial charge in [0.25, 0.3) is 5.91 Å². The number of thioether (sulfide) groups is 1. The van der Waals surface area contributed by atoms with Crippen LogP contribution in [0.3, 0.4) is 0 Å². The molecule has 11 heteroatoms. The van der Waals surface area contributed by atoms with Gasteiger partial charge in [0, 0.05) is 18.0 Å². The lowest BCUT2D eigenvalue weighted by Gasteiger charge is -2.17. The molecule has 0 radical (unpaired) electrons. The molecule has 0 saturated carbocycles. The first-order valence-electron chi connectivity index (χ1n) is 8.97. The van der Waals surface area contributed by atoms with Gasteiger partial charge in [0.2, 0.25) is 10.0 Å². The van der Waals surface area contributed by atoms with E-state index in [1.807, 2.05) is 0 Å². The predicted octanol–water partition coefficient (Wildman–Crippen LogP) is 5.03. The van der Waals surface area contributed by atoms with Gasteiger partial charge in [-0.1, -0.05) is 23.7 Å². The quantitative estimate of drug-likeness (QED) is 0.591. The highest BCUT2D eigenvalue weighted by Gasteiger charge is 2.29. The zero-order chi connectivity index (χ0) is 21.9. The van der Waals surface area contributed by atoms with Crippen LogP contribution in [-0.4, -0.2) is 43.6 Å². The number of carbonyl (C=O) groups excluding carboxylic acids is 1. The number of rotatable bonds is 6. The molecule has 2 aromatic carbocycles. The minimum absolute atomic E-state index is 0.0355. The van der Waals surface area contributed by atoms with Crippen molar-refractivity contribution in [1.82, 2.24) is 4.31 Å². The third-order valence-electron chi connectivity index (χ3n) is 4.41. The maximum absolute atomic E-state index is 12.8. The summed E-state index contributed by atoms with van der Waals surface area (Å²) >= 11 is 6.65. The molecule has 0 aliphatic carbocycles. The van der Waals surface area contributed by atoms with Crippen LogP contribution in [0.5, 0.6) is 0 Å². The van der Waals surface area contributed by atoms with Crippen molar-refractivity contribution < 1.29 is 26.4 Å². The van der Waals surface area contributed by atoms with E-state index in [4.69, 9.17) is 11.6 Å². The smallest absolute Gasteiger partial charge is 0.321 e. The van der Waals surface area contributed by atoms with Crippen molar-refractivity contribution in [1.29, 1.82) is 0 Å². The molecular formula is C19H18ClF3N2O3S2. The third-order valence-corrected chi connectivity index (χ3v) is 7.77. The first kappa shape index (κ1) is 22.9. The highest BCUT2D eigenvalue weighted by atomic mass is 35.5. The molecule has 1 aliphatic rings. The molecule has 3 rings (SSSR count). The lowest BCUT2D eigenvalue weighted by atomic mass is 10.2. The number of para-hydroxylation sites is 1. The van der Waals surface area contributed by atoms with E-state index >= 15 is 0 Å². The van der Waals surface area contributed by atoms with Gasteiger partial charge >= 0.3 is 6.18 Å². The maximum Gasteiger partial charge on any atom is 0.398 e. The highest BCUT2D eigenvalue weighted by molar-refractivity contribution is 7.99. The van der Waals surface area contributed by atoms with E-state index in [0.29, 0.717) is 24.9 Å². The van der Waals surface area contributed by atoms with E-state index in [2.05, 4.69) is 5.32 Å². The zero-order valence-corrected chi connectivity index (χ0v) is 18.0. The van der Waals surface area contributed by atoms with Crippen LogP contribution >= 0.6 is 23.4 Å². The van der Waals surface area contributed by atoms with Gasteiger partial charge in [-0.05, 0) is 43.2 Å². The minimum atomic E-state index is -4.36. The molecule has 2 aromatic rings. The molecule has 162 valence electrons. The maximum atomic E-state index is 12.8. The minimum Gasteiger partial charge on any atom is -0.321 e. The third kappa shape index (κ3) is 5.48. The SMILES string of the molecule is O=C(Nc1ccccc1SCC(F)(F)F)c1cc(S(=O)(=O)N2CCCC2)ccc1Cl. The summed E-state index contributed by atoms with van der Waals surface area (Å²) in [6, 6.07) is 9.91. The average molecular weight is 479 g/mol. The summed E-state index contributed by atoms with van der Waals surface area (Å²) in [4.78, 5) is 12.9. The summed E-state index contributed by atoms with van der Waals surface area (Å²) in [7, 11) is -3.75. The Kier molecular flexibility index (Phi) is 7.01. The van der Waals surface area contributed by atoms with Crippen LogP contribution in [0.15, 0.2) is 52.3 Å². The molecule has 0 aromatic heterocycles. The predicted molar refractivity (Wildman–Crippen MR) is 111 cm³/mol. The molecule has 0 bridgehead atoms. The Balaban J connectivity index is 1.84. The number of alkyl halides is 3. The van der Waals surface area contributed by atoms with Crippen molar-refractivity contribution in [2.75, 3.05) is 24.2 Å². The molecule has 0 unspecified atom stereocenters. The van der Waals surface area contributed by atoms with Gasteiger partial charge < -0.3 is 5.32 Å². The normalized spacial score (nSPS) is 15.3. The zero-order valence-electron chi connectivity index (χ0n) is 15.6. The van der Waals surface area contributed by atoms with Gasteiger partial charge in [0.1, 0.15) is 0 Å². The van der Waals surface area contributed by atoms with Crippen molar-refractivity contribution in [2.24, 2.45) is 0 Å². The fourth-order valence-corrected chi connectivity index (χ4v) is 5.48. The Labute approximate surface area is 181 Å². The number of benzene rings is 2. The van der Waals surface area contributed by atoms with E-state index in [1.165, 1.54) is 34.6 Å². The summed E-state index contributed by atoms with van der Waals surface area (Å²) in [5, 5.41) is 2.57. The summed E-state index contributed by atoms with van der Waals surface area (Å²) < 4.78 is 64.5. The number of anilines is 1. The van der Waals surface area contributed by atoms with Gasteiger partial charge in [-0.25, -0.2) is 8.42 Å². The molecule has 1 saturated heterocycles. The molecule has 0 spiro atoms. The van der Waals surface area contributed by atoms with Gasteiger partial charge in [-0.3, -0.25) is 4.79 Å². The first-order valence-corrected chi connectivity index (χ1v) is 11.8. The molecule has 1 heterocycles. The number of amides is 1. The highest BCUT2D eigenvalue weighted by Crippen LogP contribution is 2.33. The summed E-state index contributed by atoms with van der Waals surface area (Å²) in [6.07, 6.45) is -2.82.